The number of rotatable bonds is 6. The van der Waals surface area contributed by atoms with Crippen LogP contribution in [0.1, 0.15) is 22.8 Å². The van der Waals surface area contributed by atoms with Gasteiger partial charge in [0.1, 0.15) is 11.6 Å². The molecule has 0 radical (unpaired) electrons. The van der Waals surface area contributed by atoms with Crippen LogP contribution in [0.15, 0.2) is 66.4 Å². The van der Waals surface area contributed by atoms with E-state index in [0.29, 0.717) is 11.3 Å². The Bertz CT molecular complexity index is 939. The third-order valence-corrected chi connectivity index (χ3v) is 4.86. The molecule has 2 aromatic carbocycles. The smallest absolute Gasteiger partial charge is 0.267 e. The van der Waals surface area contributed by atoms with E-state index < -0.39 is 5.91 Å². The maximum atomic E-state index is 12.5. The molecule has 0 saturated carbocycles. The third kappa shape index (κ3) is 5.77. The fourth-order valence-electron chi connectivity index (χ4n) is 3.23. The summed E-state index contributed by atoms with van der Waals surface area (Å²) in [4.78, 5) is 28.3. The number of benzene rings is 2. The van der Waals surface area contributed by atoms with Gasteiger partial charge >= 0.3 is 0 Å². The molecule has 6 nitrogen and oxygen atoms in total. The molecule has 1 saturated heterocycles. The molecule has 3 rings (SSSR count). The zero-order chi connectivity index (χ0) is 20.6. The van der Waals surface area contributed by atoms with Crippen LogP contribution in [0.2, 0.25) is 0 Å². The van der Waals surface area contributed by atoms with Gasteiger partial charge in [-0.3, -0.25) is 14.5 Å². The number of amides is 1. The van der Waals surface area contributed by atoms with Crippen LogP contribution in [0.4, 0.5) is 5.69 Å². The summed E-state index contributed by atoms with van der Waals surface area (Å²) in [5.41, 5.74) is 2.34. The van der Waals surface area contributed by atoms with E-state index in [1.165, 1.54) is 12.5 Å². The van der Waals surface area contributed by atoms with Crippen molar-refractivity contribution in [2.45, 2.75) is 13.5 Å². The van der Waals surface area contributed by atoms with Crippen LogP contribution in [0.3, 0.4) is 0 Å². The molecule has 1 aliphatic heterocycles. The summed E-state index contributed by atoms with van der Waals surface area (Å²) in [6, 6.07) is 19.0. The van der Waals surface area contributed by atoms with Crippen molar-refractivity contribution in [3.05, 3.63) is 77.5 Å². The number of nitrogens with zero attached hydrogens (tertiary/aromatic N) is 3. The van der Waals surface area contributed by atoms with Gasteiger partial charge in [0, 0.05) is 50.2 Å². The van der Waals surface area contributed by atoms with Crippen molar-refractivity contribution >= 4 is 17.4 Å². The SMILES string of the molecule is CC(=O)c1cccc(NC(=O)/C(C#N)=C\N2CCN(Cc3ccccc3)CC2)c1. The monoisotopic (exact) mass is 388 g/mol. The number of Topliss-reactive ketones (excluding diaryl/α,β-unsaturated/α-hetero) is 1. The van der Waals surface area contributed by atoms with Crippen molar-refractivity contribution in [1.82, 2.24) is 9.80 Å². The first-order valence-electron chi connectivity index (χ1n) is 9.60. The van der Waals surface area contributed by atoms with Crippen molar-refractivity contribution in [3.8, 4) is 6.07 Å². The highest BCUT2D eigenvalue weighted by atomic mass is 16.1. The topological polar surface area (TPSA) is 76.4 Å². The van der Waals surface area contributed by atoms with Gasteiger partial charge in [-0.05, 0) is 24.6 Å². The number of piperazine rings is 1. The van der Waals surface area contributed by atoms with Crippen molar-refractivity contribution in [2.24, 2.45) is 0 Å². The van der Waals surface area contributed by atoms with Gasteiger partial charge in [0.15, 0.2) is 5.78 Å². The minimum Gasteiger partial charge on any atom is -0.374 e. The number of anilines is 1. The lowest BCUT2D eigenvalue weighted by Crippen LogP contribution is -2.43. The predicted molar refractivity (Wildman–Crippen MR) is 112 cm³/mol. The Kier molecular flexibility index (Phi) is 6.77. The summed E-state index contributed by atoms with van der Waals surface area (Å²) in [5.74, 6) is -0.551. The van der Waals surface area contributed by atoms with Crippen LogP contribution in [0, 0.1) is 11.3 Å². The summed E-state index contributed by atoms with van der Waals surface area (Å²) >= 11 is 0. The van der Waals surface area contributed by atoms with E-state index in [9.17, 15) is 14.9 Å². The third-order valence-electron chi connectivity index (χ3n) is 4.86. The molecule has 148 valence electrons. The second-order valence-corrected chi connectivity index (χ2v) is 7.04. The highest BCUT2D eigenvalue weighted by Crippen LogP contribution is 2.14. The number of ketones is 1. The fourth-order valence-corrected chi connectivity index (χ4v) is 3.23. The molecule has 0 bridgehead atoms. The minimum absolute atomic E-state index is 0.0507. The van der Waals surface area contributed by atoms with E-state index in [1.807, 2.05) is 29.2 Å². The highest BCUT2D eigenvalue weighted by Gasteiger charge is 2.17. The summed E-state index contributed by atoms with van der Waals surface area (Å²) in [6.45, 7) is 5.62. The number of nitrogens with one attached hydrogen (secondary N) is 1. The van der Waals surface area contributed by atoms with Gasteiger partial charge in [-0.25, -0.2) is 0 Å². The Labute approximate surface area is 171 Å². The van der Waals surface area contributed by atoms with Gasteiger partial charge in [0.05, 0.1) is 0 Å². The van der Waals surface area contributed by atoms with E-state index >= 15 is 0 Å². The summed E-state index contributed by atoms with van der Waals surface area (Å²) in [6.07, 6.45) is 1.63. The number of nitriles is 1. The van der Waals surface area contributed by atoms with Crippen molar-refractivity contribution in [2.75, 3.05) is 31.5 Å². The molecular weight excluding hydrogens is 364 g/mol. The molecule has 0 atom stereocenters. The first kappa shape index (κ1) is 20.3. The second kappa shape index (κ2) is 9.67. The van der Waals surface area contributed by atoms with Gasteiger partial charge in [-0.2, -0.15) is 5.26 Å². The number of carbonyl (C=O) groups excluding carboxylic acids is 2. The van der Waals surface area contributed by atoms with Gasteiger partial charge in [-0.1, -0.05) is 42.5 Å². The second-order valence-electron chi connectivity index (χ2n) is 7.04. The summed E-state index contributed by atoms with van der Waals surface area (Å²) in [5, 5.41) is 12.1. The van der Waals surface area contributed by atoms with E-state index in [-0.39, 0.29) is 11.4 Å². The zero-order valence-electron chi connectivity index (χ0n) is 16.5. The van der Waals surface area contributed by atoms with Crippen molar-refractivity contribution in [3.63, 3.8) is 0 Å². The van der Waals surface area contributed by atoms with Crippen LogP contribution in [0.5, 0.6) is 0 Å². The Balaban J connectivity index is 1.57. The van der Waals surface area contributed by atoms with E-state index in [0.717, 1.165) is 32.7 Å². The molecule has 29 heavy (non-hydrogen) atoms. The van der Waals surface area contributed by atoms with Crippen LogP contribution in [0.25, 0.3) is 0 Å². The molecule has 6 heteroatoms. The van der Waals surface area contributed by atoms with Gasteiger partial charge in [-0.15, -0.1) is 0 Å². The Hall–Kier alpha value is -3.43. The zero-order valence-corrected chi connectivity index (χ0v) is 16.5. The molecule has 1 N–H and O–H groups in total. The quantitative estimate of drug-likeness (QED) is 0.468. The van der Waals surface area contributed by atoms with Crippen LogP contribution in [-0.4, -0.2) is 47.7 Å². The minimum atomic E-state index is -0.472. The van der Waals surface area contributed by atoms with Crippen LogP contribution in [-0.2, 0) is 11.3 Å². The number of hydrogen-bond acceptors (Lipinski definition) is 5. The van der Waals surface area contributed by atoms with Crippen LogP contribution >= 0.6 is 0 Å². The van der Waals surface area contributed by atoms with Crippen LogP contribution < -0.4 is 5.32 Å². The lowest BCUT2D eigenvalue weighted by atomic mass is 10.1. The van der Waals surface area contributed by atoms with Gasteiger partial charge < -0.3 is 10.2 Å². The molecular formula is C23H24N4O2. The standard InChI is InChI=1S/C23H24N4O2/c1-18(28)20-8-5-9-22(14-20)25-23(29)21(15-24)17-27-12-10-26(11-13-27)16-19-6-3-2-4-7-19/h2-9,14,17H,10-13,16H2,1H3,(H,25,29)/b21-17-. The summed E-state index contributed by atoms with van der Waals surface area (Å²) < 4.78 is 0. The van der Waals surface area contributed by atoms with E-state index in [4.69, 9.17) is 0 Å². The summed E-state index contributed by atoms with van der Waals surface area (Å²) in [7, 11) is 0. The Morgan fingerprint density at radius 3 is 2.45 bits per heavy atom. The molecule has 1 aliphatic rings. The molecule has 0 unspecified atom stereocenters. The molecule has 1 heterocycles. The molecule has 1 fully saturated rings. The van der Waals surface area contributed by atoms with E-state index in [1.54, 1.807) is 30.5 Å². The molecule has 0 aliphatic carbocycles. The first-order valence-corrected chi connectivity index (χ1v) is 9.60. The molecule has 1 amide bonds. The largest absolute Gasteiger partial charge is 0.374 e. The highest BCUT2D eigenvalue weighted by molar-refractivity contribution is 6.07. The van der Waals surface area contributed by atoms with Gasteiger partial charge in [0.2, 0.25) is 0 Å². The molecule has 0 aromatic heterocycles. The maximum Gasteiger partial charge on any atom is 0.267 e. The number of carbonyl (C=O) groups is 2. The van der Waals surface area contributed by atoms with Gasteiger partial charge in [0.25, 0.3) is 5.91 Å². The fraction of sp³-hybridized carbons (Fsp3) is 0.261. The lowest BCUT2D eigenvalue weighted by molar-refractivity contribution is -0.112. The van der Waals surface area contributed by atoms with Crippen molar-refractivity contribution < 1.29 is 9.59 Å². The first-order chi connectivity index (χ1) is 14.0. The molecule has 2 aromatic rings. The average molecular weight is 388 g/mol. The lowest BCUT2D eigenvalue weighted by Gasteiger charge is -2.34. The Morgan fingerprint density at radius 1 is 1.07 bits per heavy atom. The molecule has 0 spiro atoms. The normalized spacial score (nSPS) is 14.9. The average Bonchev–Trinajstić information content (AvgIpc) is 2.74. The Morgan fingerprint density at radius 2 is 1.79 bits per heavy atom. The predicted octanol–water partition coefficient (Wildman–Crippen LogP) is 3.05. The maximum absolute atomic E-state index is 12.5. The number of hydrogen-bond donors (Lipinski definition) is 1. The van der Waals surface area contributed by atoms with E-state index in [2.05, 4.69) is 22.3 Å². The van der Waals surface area contributed by atoms with Crippen molar-refractivity contribution in [1.29, 1.82) is 5.26 Å².